The summed E-state index contributed by atoms with van der Waals surface area (Å²) in [6.45, 7) is 4.11. The van der Waals surface area contributed by atoms with Gasteiger partial charge in [-0.1, -0.05) is 13.0 Å². The topological polar surface area (TPSA) is 35.2 Å². The van der Waals surface area contributed by atoms with Crippen LogP contribution in [0.3, 0.4) is 0 Å². The zero-order chi connectivity index (χ0) is 9.84. The van der Waals surface area contributed by atoms with Crippen molar-refractivity contribution in [2.45, 2.75) is 26.4 Å². The molecule has 0 spiro atoms. The molecule has 3 heteroatoms. The van der Waals surface area contributed by atoms with Gasteiger partial charge in [-0.05, 0) is 41.4 Å². The van der Waals surface area contributed by atoms with Crippen LogP contribution in [0.15, 0.2) is 22.7 Å². The van der Waals surface area contributed by atoms with Gasteiger partial charge in [-0.25, -0.2) is 0 Å². The molecule has 2 nitrogen and oxygen atoms in total. The van der Waals surface area contributed by atoms with Gasteiger partial charge in [-0.15, -0.1) is 0 Å². The first-order valence-electron chi connectivity index (χ1n) is 4.35. The summed E-state index contributed by atoms with van der Waals surface area (Å²) in [6.07, 6.45) is 1.18. The summed E-state index contributed by atoms with van der Waals surface area (Å²) >= 11 is 3.35. The van der Waals surface area contributed by atoms with Crippen LogP contribution >= 0.6 is 15.9 Å². The van der Waals surface area contributed by atoms with E-state index >= 15 is 0 Å². The van der Waals surface area contributed by atoms with Crippen molar-refractivity contribution in [3.8, 4) is 5.75 Å². The smallest absolute Gasteiger partial charge is 0.143 e. The predicted molar refractivity (Wildman–Crippen MR) is 58.9 cm³/mol. The molecule has 0 aliphatic heterocycles. The Balaban J connectivity index is 2.83. The van der Waals surface area contributed by atoms with Crippen LogP contribution in [0.2, 0.25) is 0 Å². The number of hydrogen-bond donors (Lipinski definition) is 1. The number of halogens is 1. The maximum Gasteiger partial charge on any atom is 0.143 e. The minimum absolute atomic E-state index is 0.205. The molecule has 0 bridgehead atoms. The Bertz CT molecular complexity index is 288. The quantitative estimate of drug-likeness (QED) is 0.828. The fourth-order valence-electron chi connectivity index (χ4n) is 0.920. The Labute approximate surface area is 87.2 Å². The van der Waals surface area contributed by atoms with Crippen LogP contribution < -0.4 is 10.5 Å². The second-order valence-corrected chi connectivity index (χ2v) is 3.84. The number of para-hydroxylation sites is 1. The van der Waals surface area contributed by atoms with Crippen LogP contribution in [0.5, 0.6) is 5.75 Å². The number of rotatable bonds is 3. The number of nitrogens with two attached hydrogens (primary N) is 1. The van der Waals surface area contributed by atoms with Crippen molar-refractivity contribution in [3.05, 3.63) is 22.7 Å². The molecule has 0 heterocycles. The minimum Gasteiger partial charge on any atom is -0.489 e. The fourth-order valence-corrected chi connectivity index (χ4v) is 1.27. The summed E-state index contributed by atoms with van der Waals surface area (Å²) < 4.78 is 6.50. The average Bonchev–Trinajstić information content (AvgIpc) is 2.13. The van der Waals surface area contributed by atoms with Crippen molar-refractivity contribution < 1.29 is 4.74 Å². The van der Waals surface area contributed by atoms with Crippen molar-refractivity contribution in [2.24, 2.45) is 0 Å². The van der Waals surface area contributed by atoms with Crippen molar-refractivity contribution in [2.75, 3.05) is 5.73 Å². The molecule has 0 amide bonds. The Morgan fingerprint density at radius 3 is 2.85 bits per heavy atom. The van der Waals surface area contributed by atoms with Gasteiger partial charge in [0.05, 0.1) is 11.8 Å². The lowest BCUT2D eigenvalue weighted by molar-refractivity contribution is 0.218. The molecule has 0 radical (unpaired) electrons. The molecule has 0 aliphatic rings. The van der Waals surface area contributed by atoms with Crippen LogP contribution in [-0.2, 0) is 0 Å². The summed E-state index contributed by atoms with van der Waals surface area (Å²) in [5, 5.41) is 0. The van der Waals surface area contributed by atoms with Crippen LogP contribution in [0.1, 0.15) is 20.3 Å². The molecule has 0 saturated heterocycles. The largest absolute Gasteiger partial charge is 0.489 e. The van der Waals surface area contributed by atoms with Gasteiger partial charge in [-0.2, -0.15) is 0 Å². The van der Waals surface area contributed by atoms with Gasteiger partial charge in [0.1, 0.15) is 5.75 Å². The van der Waals surface area contributed by atoms with Crippen LogP contribution in [0.25, 0.3) is 0 Å². The first-order chi connectivity index (χ1) is 6.15. The first-order valence-corrected chi connectivity index (χ1v) is 5.15. The lowest BCUT2D eigenvalue weighted by Crippen LogP contribution is -2.11. The van der Waals surface area contributed by atoms with E-state index in [0.717, 1.165) is 16.6 Å². The van der Waals surface area contributed by atoms with Gasteiger partial charge in [0.15, 0.2) is 0 Å². The van der Waals surface area contributed by atoms with Crippen LogP contribution in [0, 0.1) is 0 Å². The van der Waals surface area contributed by atoms with Crippen molar-refractivity contribution in [3.63, 3.8) is 0 Å². The Morgan fingerprint density at radius 2 is 2.23 bits per heavy atom. The molecule has 1 rings (SSSR count). The molecular weight excluding hydrogens is 230 g/mol. The van der Waals surface area contributed by atoms with Gasteiger partial charge in [0.25, 0.3) is 0 Å². The van der Waals surface area contributed by atoms with E-state index in [2.05, 4.69) is 22.9 Å². The van der Waals surface area contributed by atoms with Gasteiger partial charge < -0.3 is 10.5 Å². The van der Waals surface area contributed by atoms with Crippen molar-refractivity contribution >= 4 is 21.6 Å². The molecule has 1 aromatic rings. The standard InChI is InChI=1S/C10H14BrNO/c1-3-7(2)13-9-6-4-5-8(11)10(9)12/h4-7H,3,12H2,1-2H3. The molecular formula is C10H14BrNO. The maximum atomic E-state index is 5.81. The maximum absolute atomic E-state index is 5.81. The number of ether oxygens (including phenoxy) is 1. The summed E-state index contributed by atoms with van der Waals surface area (Å²) in [7, 11) is 0. The highest BCUT2D eigenvalue weighted by molar-refractivity contribution is 9.10. The fraction of sp³-hybridized carbons (Fsp3) is 0.400. The lowest BCUT2D eigenvalue weighted by Gasteiger charge is -2.14. The molecule has 0 aliphatic carbocycles. The summed E-state index contributed by atoms with van der Waals surface area (Å²) in [5.41, 5.74) is 6.48. The average molecular weight is 244 g/mol. The molecule has 1 atom stereocenters. The third-order valence-electron chi connectivity index (χ3n) is 1.92. The van der Waals surface area contributed by atoms with E-state index in [1.807, 2.05) is 25.1 Å². The van der Waals surface area contributed by atoms with E-state index in [1.54, 1.807) is 0 Å². The first kappa shape index (κ1) is 10.4. The van der Waals surface area contributed by atoms with Gasteiger partial charge >= 0.3 is 0 Å². The van der Waals surface area contributed by atoms with E-state index in [9.17, 15) is 0 Å². The molecule has 13 heavy (non-hydrogen) atoms. The Morgan fingerprint density at radius 1 is 1.54 bits per heavy atom. The van der Waals surface area contributed by atoms with E-state index < -0.39 is 0 Å². The Kier molecular flexibility index (Phi) is 3.60. The predicted octanol–water partition coefficient (Wildman–Crippen LogP) is 3.21. The molecule has 1 aromatic carbocycles. The molecule has 0 saturated carbocycles. The van der Waals surface area contributed by atoms with E-state index in [0.29, 0.717) is 5.69 Å². The van der Waals surface area contributed by atoms with Gasteiger partial charge in [-0.3, -0.25) is 0 Å². The molecule has 72 valence electrons. The number of hydrogen-bond acceptors (Lipinski definition) is 2. The highest BCUT2D eigenvalue weighted by Gasteiger charge is 2.06. The summed E-state index contributed by atoms with van der Waals surface area (Å²) in [6, 6.07) is 5.70. The number of anilines is 1. The molecule has 0 aromatic heterocycles. The van der Waals surface area contributed by atoms with Gasteiger partial charge in [0.2, 0.25) is 0 Å². The van der Waals surface area contributed by atoms with Crippen molar-refractivity contribution in [1.82, 2.24) is 0 Å². The lowest BCUT2D eigenvalue weighted by atomic mass is 10.3. The SMILES string of the molecule is CCC(C)Oc1cccc(Br)c1N. The zero-order valence-corrected chi connectivity index (χ0v) is 9.47. The zero-order valence-electron chi connectivity index (χ0n) is 7.88. The molecule has 0 fully saturated rings. The normalized spacial score (nSPS) is 12.5. The summed E-state index contributed by atoms with van der Waals surface area (Å²) in [5.74, 6) is 0.753. The second-order valence-electron chi connectivity index (χ2n) is 2.99. The third-order valence-corrected chi connectivity index (χ3v) is 2.61. The second kappa shape index (κ2) is 4.51. The summed E-state index contributed by atoms with van der Waals surface area (Å²) in [4.78, 5) is 0. The molecule has 2 N–H and O–H groups in total. The highest BCUT2D eigenvalue weighted by Crippen LogP contribution is 2.30. The molecule has 1 unspecified atom stereocenters. The number of nitrogen functional groups attached to an aromatic ring is 1. The van der Waals surface area contributed by atoms with Crippen LogP contribution in [-0.4, -0.2) is 6.10 Å². The number of benzene rings is 1. The van der Waals surface area contributed by atoms with E-state index in [-0.39, 0.29) is 6.10 Å². The van der Waals surface area contributed by atoms with Crippen LogP contribution in [0.4, 0.5) is 5.69 Å². The van der Waals surface area contributed by atoms with E-state index in [1.165, 1.54) is 0 Å². The monoisotopic (exact) mass is 243 g/mol. The minimum atomic E-state index is 0.205. The van der Waals surface area contributed by atoms with Crippen molar-refractivity contribution in [1.29, 1.82) is 0 Å². The Hall–Kier alpha value is -0.700. The van der Waals surface area contributed by atoms with E-state index in [4.69, 9.17) is 10.5 Å². The van der Waals surface area contributed by atoms with Gasteiger partial charge in [0, 0.05) is 4.47 Å². The highest BCUT2D eigenvalue weighted by atomic mass is 79.9. The third kappa shape index (κ3) is 2.62.